The molecule has 0 heterocycles. The number of unbranched alkanes of at least 4 members (excludes halogenated alkanes) is 1. The normalized spacial score (nSPS) is 10.8. The molecule has 0 spiro atoms. The van der Waals surface area contributed by atoms with Gasteiger partial charge in [0, 0.05) is 0 Å². The van der Waals surface area contributed by atoms with Crippen LogP contribution in [0.3, 0.4) is 0 Å². The van der Waals surface area contributed by atoms with Crippen molar-refractivity contribution in [3.05, 3.63) is 0 Å². The van der Waals surface area contributed by atoms with E-state index in [0.29, 0.717) is 0 Å². The molecule has 0 N–H and O–H groups in total. The third-order valence-corrected chi connectivity index (χ3v) is 7.81. The second-order valence-electron chi connectivity index (χ2n) is 3.75. The molecular weight excluding hydrogens is 167 g/mol. The fraction of sp³-hybridized carbons (Fsp3) is 0.818. The third-order valence-electron chi connectivity index (χ3n) is 3.04. The predicted octanol–water partition coefficient (Wildman–Crippen LogP) is 3.40. The molecule has 0 aliphatic rings. The molecule has 0 bridgehead atoms. The molecule has 2 heteroatoms. The Kier molecular flexibility index (Phi) is 7.97. The quantitative estimate of drug-likeness (QED) is 0.352. The third kappa shape index (κ3) is 4.97. The van der Waals surface area contributed by atoms with Crippen LogP contribution in [0.4, 0.5) is 0 Å². The molecule has 0 aromatic rings. The van der Waals surface area contributed by atoms with Crippen LogP contribution in [-0.4, -0.2) is 25.8 Å². The van der Waals surface area contributed by atoms with Crippen LogP contribution in [-0.2, 0) is 0 Å². The molecule has 0 saturated carbocycles. The van der Waals surface area contributed by atoms with Gasteiger partial charge in [0.05, 0.1) is 0 Å². The fourth-order valence-electron chi connectivity index (χ4n) is 1.53. The molecule has 13 heavy (non-hydrogen) atoms. The summed E-state index contributed by atoms with van der Waals surface area (Å²) in [5, 5.41) is 1.27. The van der Waals surface area contributed by atoms with E-state index in [4.69, 9.17) is 0 Å². The first-order valence-corrected chi connectivity index (χ1v) is 8.36. The molecule has 0 unspecified atom stereocenters. The zero-order valence-corrected chi connectivity index (χ0v) is 10.7. The molecule has 0 aliphatic heterocycles. The first-order chi connectivity index (χ1) is 6.24. The molecule has 0 fully saturated rings. The minimum atomic E-state index is -1.13. The molecule has 70 valence electrons. The van der Waals surface area contributed by atoms with Gasteiger partial charge in [0.15, 0.2) is 0 Å². The van der Waals surface area contributed by atoms with Crippen molar-refractivity contribution in [2.24, 2.45) is 0 Å². The summed E-state index contributed by atoms with van der Waals surface area (Å²) in [6.45, 7) is 6.94. The molecule has 0 atom stereocenters. The molecule has 0 radical (unpaired) electrons. The SMILES string of the molecule is [Li][CH2]CCC#C[Si](CC)(CC)CC. The van der Waals surface area contributed by atoms with E-state index in [0.717, 1.165) is 6.42 Å². The van der Waals surface area contributed by atoms with Crippen molar-refractivity contribution in [1.29, 1.82) is 0 Å². The van der Waals surface area contributed by atoms with Crippen LogP contribution in [0.15, 0.2) is 0 Å². The van der Waals surface area contributed by atoms with Gasteiger partial charge in [-0.2, -0.15) is 0 Å². The summed E-state index contributed by atoms with van der Waals surface area (Å²) < 4.78 is 0. The van der Waals surface area contributed by atoms with Gasteiger partial charge in [-0.25, -0.2) is 0 Å². The average molecular weight is 188 g/mol. The summed E-state index contributed by atoms with van der Waals surface area (Å²) in [6, 6.07) is 4.00. The van der Waals surface area contributed by atoms with Gasteiger partial charge < -0.3 is 0 Å². The van der Waals surface area contributed by atoms with Crippen LogP contribution < -0.4 is 0 Å². The van der Waals surface area contributed by atoms with Gasteiger partial charge in [-0.1, -0.05) is 0 Å². The van der Waals surface area contributed by atoms with Gasteiger partial charge in [-0.15, -0.1) is 0 Å². The summed E-state index contributed by atoms with van der Waals surface area (Å²) >= 11 is 2.23. The van der Waals surface area contributed by atoms with E-state index in [1.807, 2.05) is 0 Å². The molecule has 0 aromatic carbocycles. The van der Waals surface area contributed by atoms with Crippen molar-refractivity contribution in [3.63, 3.8) is 0 Å². The molecular formula is C11H21LiSi. The van der Waals surface area contributed by atoms with Crippen LogP contribution in [0.2, 0.25) is 23.2 Å². The maximum absolute atomic E-state index is 3.61. The average Bonchev–Trinajstić information content (AvgIpc) is 2.20. The van der Waals surface area contributed by atoms with Gasteiger partial charge >= 0.3 is 94.1 Å². The van der Waals surface area contributed by atoms with Gasteiger partial charge in [-0.3, -0.25) is 0 Å². The topological polar surface area (TPSA) is 0 Å². The first kappa shape index (κ1) is 13.4. The van der Waals surface area contributed by atoms with E-state index in [2.05, 4.69) is 50.0 Å². The Balaban J connectivity index is 4.11. The fourth-order valence-corrected chi connectivity index (χ4v) is 4.06. The van der Waals surface area contributed by atoms with E-state index in [1.165, 1.54) is 29.6 Å². The Morgan fingerprint density at radius 2 is 1.62 bits per heavy atom. The van der Waals surface area contributed by atoms with Crippen molar-refractivity contribution in [3.8, 4) is 11.5 Å². The van der Waals surface area contributed by atoms with E-state index in [9.17, 15) is 0 Å². The second-order valence-corrected chi connectivity index (χ2v) is 8.68. The molecule has 0 saturated heterocycles. The Morgan fingerprint density at radius 1 is 1.08 bits per heavy atom. The van der Waals surface area contributed by atoms with E-state index < -0.39 is 8.07 Å². The Bertz CT molecular complexity index is 166. The standard InChI is InChI=1S/C11H21Si.Li/c1-5-9-10-11-12(6-2,7-3)8-4;/h1,5-9H2,2-4H3;. The first-order valence-electron chi connectivity index (χ1n) is 5.74. The van der Waals surface area contributed by atoms with Gasteiger partial charge in [-0.05, 0) is 0 Å². The van der Waals surface area contributed by atoms with Crippen molar-refractivity contribution in [2.75, 3.05) is 0 Å². The predicted molar refractivity (Wildman–Crippen MR) is 64.8 cm³/mol. The van der Waals surface area contributed by atoms with E-state index in [-0.39, 0.29) is 0 Å². The molecule has 0 aliphatic carbocycles. The van der Waals surface area contributed by atoms with Crippen molar-refractivity contribution in [2.45, 2.75) is 56.8 Å². The summed E-state index contributed by atoms with van der Waals surface area (Å²) in [6.07, 6.45) is 2.39. The Labute approximate surface area is 94.1 Å². The van der Waals surface area contributed by atoms with Gasteiger partial charge in [0.1, 0.15) is 0 Å². The minimum absolute atomic E-state index is 1.12. The number of hydrogen-bond donors (Lipinski definition) is 0. The zero-order valence-electron chi connectivity index (χ0n) is 9.74. The molecule has 0 nitrogen and oxygen atoms in total. The van der Waals surface area contributed by atoms with Crippen molar-refractivity contribution >= 4 is 25.8 Å². The van der Waals surface area contributed by atoms with E-state index >= 15 is 0 Å². The number of hydrogen-bond acceptors (Lipinski definition) is 0. The van der Waals surface area contributed by atoms with Crippen molar-refractivity contribution in [1.82, 2.24) is 0 Å². The van der Waals surface area contributed by atoms with Crippen molar-refractivity contribution < 1.29 is 0 Å². The summed E-state index contributed by atoms with van der Waals surface area (Å²) in [5.41, 5.74) is 3.61. The maximum atomic E-state index is 3.61. The van der Waals surface area contributed by atoms with Crippen LogP contribution in [0, 0.1) is 11.5 Å². The van der Waals surface area contributed by atoms with Gasteiger partial charge in [0.2, 0.25) is 0 Å². The summed E-state index contributed by atoms with van der Waals surface area (Å²) in [4.78, 5) is 0. The zero-order chi connectivity index (χ0) is 10.2. The Morgan fingerprint density at radius 3 is 2.00 bits per heavy atom. The number of rotatable bonds is 5. The van der Waals surface area contributed by atoms with Gasteiger partial charge in [0.25, 0.3) is 0 Å². The molecule has 0 rings (SSSR count). The summed E-state index contributed by atoms with van der Waals surface area (Å²) in [7, 11) is -1.13. The molecule has 0 amide bonds. The van der Waals surface area contributed by atoms with Crippen LogP contribution in [0.1, 0.15) is 33.6 Å². The van der Waals surface area contributed by atoms with E-state index in [1.54, 1.807) is 0 Å². The van der Waals surface area contributed by atoms with Crippen LogP contribution in [0.25, 0.3) is 0 Å². The monoisotopic (exact) mass is 188 g/mol. The second kappa shape index (κ2) is 7.75. The van der Waals surface area contributed by atoms with Crippen LogP contribution in [0.5, 0.6) is 0 Å². The Hall–Kier alpha value is 0.374. The van der Waals surface area contributed by atoms with Crippen LogP contribution >= 0.6 is 0 Å². The molecule has 0 aromatic heterocycles. The summed E-state index contributed by atoms with van der Waals surface area (Å²) in [5.74, 6) is 3.39.